The summed E-state index contributed by atoms with van der Waals surface area (Å²) in [4.78, 5) is 10.1. The minimum Gasteiger partial charge on any atom is -0.369 e. The highest BCUT2D eigenvalue weighted by atomic mass is 32.2. The molecule has 5 rings (SSSR count). The number of piperazine rings is 1. The SMILES string of the molecule is N#C/C=C1/C=CC2=NC=CC(N3CCN(C4CC4)CC3)=C3CSCC23C1. The molecule has 26 heavy (non-hydrogen) atoms. The second-order valence-electron chi connectivity index (χ2n) is 7.88. The van der Waals surface area contributed by atoms with Crippen molar-refractivity contribution in [2.24, 2.45) is 10.4 Å². The first-order chi connectivity index (χ1) is 12.8. The fourth-order valence-electron chi connectivity index (χ4n) is 4.80. The van der Waals surface area contributed by atoms with Crippen molar-refractivity contribution in [3.05, 3.63) is 47.3 Å². The molecule has 2 aliphatic carbocycles. The summed E-state index contributed by atoms with van der Waals surface area (Å²) in [6.45, 7) is 4.60. The Kier molecular flexibility index (Phi) is 4.06. The van der Waals surface area contributed by atoms with Gasteiger partial charge in [0.05, 0.1) is 11.8 Å². The highest BCUT2D eigenvalue weighted by molar-refractivity contribution is 7.99. The molecule has 3 fully saturated rings. The largest absolute Gasteiger partial charge is 0.369 e. The summed E-state index contributed by atoms with van der Waals surface area (Å²) in [5.74, 6) is 2.15. The van der Waals surface area contributed by atoms with Crippen LogP contribution in [-0.2, 0) is 0 Å². The standard InChI is InChI=1S/C21H24N4S/c22-7-5-16-1-4-20-21(13-16)15-26-14-18(21)19(6-8-23-20)25-11-9-24(10-12-25)17-2-3-17/h1,4-6,8,17H,2-3,9-15H2/b16-5-. The van der Waals surface area contributed by atoms with Gasteiger partial charge in [0.1, 0.15) is 0 Å². The van der Waals surface area contributed by atoms with E-state index in [1.807, 2.05) is 18.0 Å². The second kappa shape index (κ2) is 6.44. The molecule has 0 aromatic rings. The molecule has 5 aliphatic rings. The molecule has 1 atom stereocenters. The van der Waals surface area contributed by atoms with E-state index < -0.39 is 0 Å². The van der Waals surface area contributed by atoms with Crippen molar-refractivity contribution >= 4 is 17.5 Å². The summed E-state index contributed by atoms with van der Waals surface area (Å²) in [5, 5.41) is 9.11. The summed E-state index contributed by atoms with van der Waals surface area (Å²) in [6, 6.07) is 3.08. The van der Waals surface area contributed by atoms with Crippen molar-refractivity contribution in [3.8, 4) is 6.07 Å². The predicted molar refractivity (Wildman–Crippen MR) is 107 cm³/mol. The van der Waals surface area contributed by atoms with Gasteiger partial charge in [-0.15, -0.1) is 0 Å². The van der Waals surface area contributed by atoms with Crippen molar-refractivity contribution in [2.75, 3.05) is 37.7 Å². The third kappa shape index (κ3) is 2.67. The third-order valence-electron chi connectivity index (χ3n) is 6.35. The number of aliphatic imine (C=N–C) groups is 1. The Morgan fingerprint density at radius 2 is 2.04 bits per heavy atom. The van der Waals surface area contributed by atoms with Crippen LogP contribution in [0.5, 0.6) is 0 Å². The van der Waals surface area contributed by atoms with Crippen LogP contribution >= 0.6 is 11.8 Å². The average molecular weight is 365 g/mol. The fraction of sp³-hybridized carbons (Fsp3) is 0.524. The lowest BCUT2D eigenvalue weighted by Gasteiger charge is -2.40. The van der Waals surface area contributed by atoms with Crippen molar-refractivity contribution in [3.63, 3.8) is 0 Å². The predicted octanol–water partition coefficient (Wildman–Crippen LogP) is 3.13. The van der Waals surface area contributed by atoms with E-state index in [0.29, 0.717) is 0 Å². The molecule has 3 aliphatic heterocycles. The number of nitrogens with zero attached hydrogens (tertiary/aromatic N) is 4. The van der Waals surface area contributed by atoms with Gasteiger partial charge in [0.15, 0.2) is 0 Å². The molecule has 0 aromatic heterocycles. The Morgan fingerprint density at radius 1 is 1.19 bits per heavy atom. The number of hydrogen-bond acceptors (Lipinski definition) is 5. The molecular weight excluding hydrogens is 340 g/mol. The zero-order chi connectivity index (χ0) is 17.6. The van der Waals surface area contributed by atoms with E-state index in [0.717, 1.165) is 42.6 Å². The summed E-state index contributed by atoms with van der Waals surface area (Å²) >= 11 is 2.01. The zero-order valence-electron chi connectivity index (χ0n) is 15.0. The molecule has 3 heterocycles. The van der Waals surface area contributed by atoms with E-state index in [2.05, 4.69) is 34.1 Å². The van der Waals surface area contributed by atoms with E-state index in [1.165, 1.54) is 42.9 Å². The Bertz CT molecular complexity index is 800. The summed E-state index contributed by atoms with van der Waals surface area (Å²) in [5.41, 5.74) is 5.22. The zero-order valence-corrected chi connectivity index (χ0v) is 15.8. The molecule has 0 radical (unpaired) electrons. The van der Waals surface area contributed by atoms with Gasteiger partial charge in [0, 0.05) is 67.1 Å². The van der Waals surface area contributed by atoms with Gasteiger partial charge in [0.25, 0.3) is 0 Å². The minimum atomic E-state index is -0.0193. The van der Waals surface area contributed by atoms with E-state index in [-0.39, 0.29) is 5.41 Å². The van der Waals surface area contributed by atoms with Gasteiger partial charge >= 0.3 is 0 Å². The smallest absolute Gasteiger partial charge is 0.0914 e. The molecule has 1 spiro atoms. The van der Waals surface area contributed by atoms with Crippen molar-refractivity contribution in [2.45, 2.75) is 25.3 Å². The lowest BCUT2D eigenvalue weighted by Crippen LogP contribution is -2.47. The van der Waals surface area contributed by atoms with Gasteiger partial charge in [-0.3, -0.25) is 9.89 Å². The molecule has 0 amide bonds. The van der Waals surface area contributed by atoms with Gasteiger partial charge in [-0.05, 0) is 42.6 Å². The Hall–Kier alpha value is -1.77. The van der Waals surface area contributed by atoms with Crippen molar-refractivity contribution < 1.29 is 0 Å². The van der Waals surface area contributed by atoms with Gasteiger partial charge < -0.3 is 4.90 Å². The van der Waals surface area contributed by atoms with Gasteiger partial charge in [-0.25, -0.2) is 0 Å². The number of thioether (sulfide) groups is 1. The quantitative estimate of drug-likeness (QED) is 0.706. The Morgan fingerprint density at radius 3 is 2.81 bits per heavy atom. The molecule has 134 valence electrons. The molecule has 2 saturated heterocycles. The van der Waals surface area contributed by atoms with E-state index in [9.17, 15) is 0 Å². The maximum atomic E-state index is 9.11. The van der Waals surface area contributed by atoms with Crippen LogP contribution < -0.4 is 0 Å². The Labute approximate surface area is 159 Å². The highest BCUT2D eigenvalue weighted by Gasteiger charge is 2.47. The van der Waals surface area contributed by atoms with Gasteiger partial charge in [0.2, 0.25) is 0 Å². The average Bonchev–Trinajstić information content (AvgIpc) is 3.46. The van der Waals surface area contributed by atoms with Crippen LogP contribution in [0.2, 0.25) is 0 Å². The van der Waals surface area contributed by atoms with Crippen LogP contribution in [0.25, 0.3) is 0 Å². The van der Waals surface area contributed by atoms with E-state index >= 15 is 0 Å². The van der Waals surface area contributed by atoms with Crippen molar-refractivity contribution in [1.82, 2.24) is 9.80 Å². The van der Waals surface area contributed by atoms with Crippen LogP contribution in [0.1, 0.15) is 19.3 Å². The summed E-state index contributed by atoms with van der Waals surface area (Å²) in [7, 11) is 0. The normalized spacial score (nSPS) is 33.0. The minimum absolute atomic E-state index is 0.0193. The monoisotopic (exact) mass is 364 g/mol. The maximum absolute atomic E-state index is 9.11. The molecule has 0 N–H and O–H groups in total. The lowest BCUT2D eigenvalue weighted by molar-refractivity contribution is 0.153. The van der Waals surface area contributed by atoms with Gasteiger partial charge in [-0.2, -0.15) is 17.0 Å². The lowest BCUT2D eigenvalue weighted by atomic mass is 9.70. The number of nitriles is 1. The molecule has 0 bridgehead atoms. The highest BCUT2D eigenvalue weighted by Crippen LogP contribution is 2.51. The molecule has 5 heteroatoms. The van der Waals surface area contributed by atoms with E-state index in [4.69, 9.17) is 10.3 Å². The van der Waals surface area contributed by atoms with Crippen LogP contribution in [0, 0.1) is 16.7 Å². The third-order valence-corrected chi connectivity index (χ3v) is 7.54. The maximum Gasteiger partial charge on any atom is 0.0914 e. The topological polar surface area (TPSA) is 42.6 Å². The first-order valence-corrected chi connectivity index (χ1v) is 10.8. The van der Waals surface area contributed by atoms with E-state index in [1.54, 1.807) is 6.08 Å². The molecule has 0 aromatic carbocycles. The first-order valence-electron chi connectivity index (χ1n) is 9.62. The second-order valence-corrected chi connectivity index (χ2v) is 8.87. The van der Waals surface area contributed by atoms with Crippen LogP contribution in [0.15, 0.2) is 52.3 Å². The molecule has 1 saturated carbocycles. The number of rotatable bonds is 2. The van der Waals surface area contributed by atoms with Crippen LogP contribution in [-0.4, -0.2) is 59.2 Å². The van der Waals surface area contributed by atoms with Gasteiger partial charge in [-0.1, -0.05) is 6.08 Å². The molecular formula is C21H24N4S. The summed E-state index contributed by atoms with van der Waals surface area (Å²) in [6.07, 6.45) is 13.8. The van der Waals surface area contributed by atoms with Crippen molar-refractivity contribution in [1.29, 1.82) is 5.26 Å². The Balaban J connectivity index is 1.48. The fourth-order valence-corrected chi connectivity index (χ4v) is 6.31. The number of hydrogen-bond donors (Lipinski definition) is 0. The molecule has 4 nitrogen and oxygen atoms in total. The van der Waals surface area contributed by atoms with Crippen LogP contribution in [0.4, 0.5) is 0 Å². The number of allylic oxidation sites excluding steroid dienone is 5. The van der Waals surface area contributed by atoms with Crippen LogP contribution in [0.3, 0.4) is 0 Å². The molecule has 1 unspecified atom stereocenters. The first kappa shape index (κ1) is 16.4. The summed E-state index contributed by atoms with van der Waals surface area (Å²) < 4.78 is 0.